The van der Waals surface area contributed by atoms with E-state index in [4.69, 9.17) is 9.72 Å². The van der Waals surface area contributed by atoms with E-state index in [9.17, 15) is 0 Å². The Kier molecular flexibility index (Phi) is 10.0. The lowest BCUT2D eigenvalue weighted by Crippen LogP contribution is -2.61. The van der Waals surface area contributed by atoms with E-state index in [0.717, 1.165) is 45.0 Å². The number of hydrogen-bond acceptors (Lipinski definition) is 3. The van der Waals surface area contributed by atoms with Crippen LogP contribution < -0.4 is 26.0 Å². The van der Waals surface area contributed by atoms with Gasteiger partial charge in [0.1, 0.15) is 17.3 Å². The van der Waals surface area contributed by atoms with Gasteiger partial charge in [0.25, 0.3) is 6.71 Å². The number of ether oxygens (including phenoxy) is 1. The van der Waals surface area contributed by atoms with Crippen LogP contribution in [-0.2, 0) is 21.7 Å². The van der Waals surface area contributed by atoms with Crippen LogP contribution in [0.5, 0.6) is 11.5 Å². The van der Waals surface area contributed by atoms with Crippen LogP contribution in [0.15, 0.2) is 127 Å². The number of aromatic nitrogens is 2. The van der Waals surface area contributed by atoms with Crippen molar-refractivity contribution in [3.8, 4) is 39.7 Å². The molecule has 348 valence electrons. The number of fused-ring (bicyclic) bond motifs is 7. The molecule has 0 spiro atoms. The van der Waals surface area contributed by atoms with Gasteiger partial charge in [0.05, 0.1) is 22.4 Å². The highest BCUT2D eigenvalue weighted by Gasteiger charge is 2.49. The number of benzene rings is 7. The highest BCUT2D eigenvalue weighted by Crippen LogP contribution is 2.55. The number of imidazole rings is 1. The average molecular weight is 906 g/mol. The van der Waals surface area contributed by atoms with Crippen LogP contribution in [0.1, 0.15) is 155 Å². The van der Waals surface area contributed by atoms with Crippen molar-refractivity contribution in [2.24, 2.45) is 0 Å². The van der Waals surface area contributed by atoms with Crippen molar-refractivity contribution in [3.63, 3.8) is 0 Å². The Morgan fingerprint density at radius 2 is 1.12 bits per heavy atom. The molecule has 3 aliphatic heterocycles. The Morgan fingerprint density at radius 1 is 0.522 bits per heavy atom. The van der Waals surface area contributed by atoms with Gasteiger partial charge in [-0.2, -0.15) is 0 Å². The van der Waals surface area contributed by atoms with Crippen molar-refractivity contribution >= 4 is 51.2 Å². The first-order valence-electron chi connectivity index (χ1n) is 25.4. The molecule has 0 aliphatic carbocycles. The zero-order valence-corrected chi connectivity index (χ0v) is 43.6. The number of anilines is 3. The minimum atomic E-state index is -0.254. The van der Waals surface area contributed by atoms with Gasteiger partial charge in [0.2, 0.25) is 0 Å². The summed E-state index contributed by atoms with van der Waals surface area (Å²) in [5.74, 6) is 3.51. The minimum absolute atomic E-state index is 0.00274. The van der Waals surface area contributed by atoms with Crippen molar-refractivity contribution in [1.29, 1.82) is 0 Å². The molecule has 0 N–H and O–H groups in total. The molecule has 0 bridgehead atoms. The Balaban J connectivity index is 1.15. The SMILES string of the molecule is CC(C)c1cccc(C(C)C)c1-n1c(-c2ccc(-c3cc4c5c(c3)N3c6ccc(C(C)(C)C)cc6C(C)(C)c6cc(C(C)(C)C)cc(c63)B5c3cc(C(C)(C)C)ccc3O4)cc2)nc2ccccc21. The molecule has 3 aliphatic rings. The molecule has 4 heterocycles. The largest absolute Gasteiger partial charge is 0.458 e. The van der Waals surface area contributed by atoms with Gasteiger partial charge < -0.3 is 9.64 Å². The fourth-order valence-electron chi connectivity index (χ4n) is 11.5. The summed E-state index contributed by atoms with van der Waals surface area (Å²) < 4.78 is 9.64. The molecule has 0 fully saturated rings. The van der Waals surface area contributed by atoms with Crippen LogP contribution in [0, 0.1) is 0 Å². The lowest BCUT2D eigenvalue weighted by molar-refractivity contribution is 0.486. The van der Waals surface area contributed by atoms with Crippen LogP contribution >= 0.6 is 0 Å². The predicted octanol–water partition coefficient (Wildman–Crippen LogP) is 15.5. The van der Waals surface area contributed by atoms with Gasteiger partial charge in [-0.15, -0.1) is 0 Å². The highest BCUT2D eigenvalue weighted by molar-refractivity contribution is 6.99. The summed E-state index contributed by atoms with van der Waals surface area (Å²) in [6.45, 7) is 35.1. The van der Waals surface area contributed by atoms with Gasteiger partial charge >= 0.3 is 0 Å². The summed E-state index contributed by atoms with van der Waals surface area (Å²) in [5, 5.41) is 0. The zero-order chi connectivity index (χ0) is 48.9. The molecule has 1 aromatic heterocycles. The molecule has 69 heavy (non-hydrogen) atoms. The molecule has 4 nitrogen and oxygen atoms in total. The molecule has 11 rings (SSSR count). The minimum Gasteiger partial charge on any atom is -0.458 e. The fourth-order valence-corrected chi connectivity index (χ4v) is 11.5. The summed E-state index contributed by atoms with van der Waals surface area (Å²) in [5.41, 5.74) is 23.4. The van der Waals surface area contributed by atoms with E-state index >= 15 is 0 Å². The van der Waals surface area contributed by atoms with Gasteiger partial charge in [0, 0.05) is 22.4 Å². The Morgan fingerprint density at radius 3 is 1.77 bits per heavy atom. The third-order valence-corrected chi connectivity index (χ3v) is 15.7. The lowest BCUT2D eigenvalue weighted by atomic mass is 9.33. The van der Waals surface area contributed by atoms with E-state index in [0.29, 0.717) is 11.8 Å². The van der Waals surface area contributed by atoms with Gasteiger partial charge in [0.15, 0.2) is 0 Å². The Labute approximate surface area is 411 Å². The maximum Gasteiger partial charge on any atom is 0.256 e. The molecule has 5 heteroatoms. The summed E-state index contributed by atoms with van der Waals surface area (Å²) in [4.78, 5) is 7.99. The zero-order valence-electron chi connectivity index (χ0n) is 43.6. The monoisotopic (exact) mass is 906 g/mol. The van der Waals surface area contributed by atoms with E-state index in [-0.39, 0.29) is 28.4 Å². The molecule has 0 saturated carbocycles. The Bertz CT molecular complexity index is 3370. The number of rotatable bonds is 5. The molecular formula is C64H68BN3O. The van der Waals surface area contributed by atoms with E-state index in [1.807, 2.05) is 0 Å². The maximum absolute atomic E-state index is 7.21. The van der Waals surface area contributed by atoms with Crippen LogP contribution in [-0.4, -0.2) is 16.3 Å². The molecule has 0 atom stereocenters. The molecule has 7 aromatic carbocycles. The van der Waals surface area contributed by atoms with E-state index < -0.39 is 0 Å². The first-order valence-corrected chi connectivity index (χ1v) is 25.4. The number of para-hydroxylation sites is 3. The second kappa shape index (κ2) is 15.3. The molecule has 0 radical (unpaired) electrons. The van der Waals surface area contributed by atoms with E-state index in [1.165, 1.54) is 78.1 Å². The highest BCUT2D eigenvalue weighted by atomic mass is 16.5. The van der Waals surface area contributed by atoms with Crippen LogP contribution in [0.3, 0.4) is 0 Å². The summed E-state index contributed by atoms with van der Waals surface area (Å²) in [7, 11) is 0. The van der Waals surface area contributed by atoms with Crippen LogP contribution in [0.25, 0.3) is 39.2 Å². The van der Waals surface area contributed by atoms with Crippen LogP contribution in [0.4, 0.5) is 17.1 Å². The third kappa shape index (κ3) is 7.04. The number of hydrogen-bond donors (Lipinski definition) is 0. The number of nitrogens with zero attached hydrogens (tertiary/aromatic N) is 3. The molecular weight excluding hydrogens is 838 g/mol. The van der Waals surface area contributed by atoms with Crippen molar-refractivity contribution in [2.45, 2.75) is 137 Å². The fraction of sp³-hybridized carbons (Fsp3) is 0.328. The molecule has 8 aromatic rings. The van der Waals surface area contributed by atoms with E-state index in [1.54, 1.807) is 0 Å². The first kappa shape index (κ1) is 45.1. The quantitative estimate of drug-likeness (QED) is 0.161. The van der Waals surface area contributed by atoms with E-state index in [2.05, 4.69) is 241 Å². The Hall–Kier alpha value is -6.33. The molecule has 0 amide bonds. The summed E-state index contributed by atoms with van der Waals surface area (Å²) in [6.07, 6.45) is 0. The maximum atomic E-state index is 7.21. The van der Waals surface area contributed by atoms with Crippen molar-refractivity contribution in [1.82, 2.24) is 9.55 Å². The predicted molar refractivity (Wildman–Crippen MR) is 294 cm³/mol. The molecule has 0 unspecified atom stereocenters. The standard InChI is InChI=1S/C64H68BN3O/c1-37(2)45-19-18-20-46(38(3)4)58(45)68-53-22-17-16-21-51(53)66-60(68)40-25-23-39(24-26-40)41-31-54-57-56(32-41)69-55-30-28-43(62(8,9)10)35-49(55)65(57)50-36-44(63(11,12)13)34-48-59(50)67(54)52-29-27-42(61(5,6)7)33-47(52)64(48,14)15/h16-38H,1-15H3. The normalized spacial score (nSPS) is 14.7. The van der Waals surface area contributed by atoms with Gasteiger partial charge in [-0.3, -0.25) is 4.57 Å². The second-order valence-electron chi connectivity index (χ2n) is 24.5. The first-order chi connectivity index (χ1) is 32.5. The van der Waals surface area contributed by atoms with Gasteiger partial charge in [-0.1, -0.05) is 195 Å². The van der Waals surface area contributed by atoms with Crippen molar-refractivity contribution in [2.75, 3.05) is 4.90 Å². The van der Waals surface area contributed by atoms with Crippen LogP contribution in [0.2, 0.25) is 0 Å². The lowest BCUT2D eigenvalue weighted by Gasteiger charge is -2.49. The van der Waals surface area contributed by atoms with Crippen molar-refractivity contribution < 1.29 is 4.74 Å². The summed E-state index contributed by atoms with van der Waals surface area (Å²) in [6, 6.07) is 48.6. The second-order valence-corrected chi connectivity index (χ2v) is 24.5. The van der Waals surface area contributed by atoms with Gasteiger partial charge in [-0.25, -0.2) is 4.98 Å². The van der Waals surface area contributed by atoms with Crippen molar-refractivity contribution in [3.05, 3.63) is 166 Å². The summed E-state index contributed by atoms with van der Waals surface area (Å²) >= 11 is 0. The smallest absolute Gasteiger partial charge is 0.256 e. The van der Waals surface area contributed by atoms with Gasteiger partial charge in [-0.05, 0) is 131 Å². The average Bonchev–Trinajstić information content (AvgIpc) is 3.68. The topological polar surface area (TPSA) is 30.3 Å². The third-order valence-electron chi connectivity index (χ3n) is 15.7. The molecule has 0 saturated heterocycles.